The van der Waals surface area contributed by atoms with Gasteiger partial charge in [0.05, 0.1) is 12.3 Å². The number of urea groups is 1. The summed E-state index contributed by atoms with van der Waals surface area (Å²) in [6.07, 6.45) is 2.35. The van der Waals surface area contributed by atoms with E-state index >= 15 is 0 Å². The first-order chi connectivity index (χ1) is 13.4. The van der Waals surface area contributed by atoms with E-state index in [2.05, 4.69) is 5.32 Å². The smallest absolute Gasteiger partial charge is 0.335 e. The third kappa shape index (κ3) is 3.96. The van der Waals surface area contributed by atoms with Crippen molar-refractivity contribution in [2.75, 3.05) is 11.5 Å². The van der Waals surface area contributed by atoms with Gasteiger partial charge in [-0.15, -0.1) is 0 Å². The average molecular weight is 378 g/mol. The molecular weight excluding hydrogens is 356 g/mol. The molecule has 1 fully saturated rings. The predicted octanol–water partition coefficient (Wildman–Crippen LogP) is 3.76. The van der Waals surface area contributed by atoms with E-state index in [1.165, 1.54) is 6.08 Å². The Labute approximate surface area is 163 Å². The lowest BCUT2D eigenvalue weighted by atomic mass is 10.0. The number of nitrogens with one attached hydrogen (secondary N) is 1. The van der Waals surface area contributed by atoms with Crippen LogP contribution in [-0.4, -0.2) is 24.5 Å². The van der Waals surface area contributed by atoms with Crippen molar-refractivity contribution in [3.8, 4) is 5.75 Å². The maximum Gasteiger partial charge on any atom is 0.335 e. The summed E-state index contributed by atoms with van der Waals surface area (Å²) >= 11 is 0. The number of benzene rings is 2. The molecule has 6 heteroatoms. The number of imide groups is 2. The number of anilines is 1. The van der Waals surface area contributed by atoms with Gasteiger partial charge in [0.1, 0.15) is 11.3 Å². The van der Waals surface area contributed by atoms with Gasteiger partial charge in [-0.1, -0.05) is 36.8 Å². The molecular formula is C22H22N2O4. The summed E-state index contributed by atoms with van der Waals surface area (Å²) in [4.78, 5) is 38.7. The number of hydrogen-bond acceptors (Lipinski definition) is 4. The van der Waals surface area contributed by atoms with E-state index in [4.69, 9.17) is 4.74 Å². The number of carbonyl (C=O) groups excluding carboxylic acids is 3. The number of nitrogens with zero attached hydrogens (tertiary/aromatic N) is 1. The van der Waals surface area contributed by atoms with E-state index in [-0.39, 0.29) is 5.57 Å². The molecule has 0 bridgehead atoms. The fraction of sp³-hybridized carbons (Fsp3) is 0.227. The van der Waals surface area contributed by atoms with Crippen molar-refractivity contribution in [3.63, 3.8) is 0 Å². The Balaban J connectivity index is 1.97. The number of carbonyl (C=O) groups is 3. The number of amides is 4. The highest BCUT2D eigenvalue weighted by Crippen LogP contribution is 2.26. The molecule has 0 saturated carbocycles. The molecule has 144 valence electrons. The molecule has 6 nitrogen and oxygen atoms in total. The fourth-order valence-corrected chi connectivity index (χ4v) is 3.01. The highest BCUT2D eigenvalue weighted by atomic mass is 16.5. The van der Waals surface area contributed by atoms with E-state index in [1.54, 1.807) is 24.3 Å². The van der Waals surface area contributed by atoms with Gasteiger partial charge in [0.15, 0.2) is 0 Å². The Bertz CT molecular complexity index is 978. The summed E-state index contributed by atoms with van der Waals surface area (Å²) in [7, 11) is 0. The molecule has 1 N–H and O–H groups in total. The van der Waals surface area contributed by atoms with Crippen LogP contribution in [0.3, 0.4) is 0 Å². The van der Waals surface area contributed by atoms with Gasteiger partial charge >= 0.3 is 6.03 Å². The third-order valence-electron chi connectivity index (χ3n) is 4.34. The van der Waals surface area contributed by atoms with Crippen LogP contribution in [-0.2, 0) is 9.59 Å². The van der Waals surface area contributed by atoms with E-state index in [1.807, 2.05) is 39.0 Å². The van der Waals surface area contributed by atoms with E-state index in [9.17, 15) is 14.4 Å². The van der Waals surface area contributed by atoms with Gasteiger partial charge in [-0.3, -0.25) is 14.9 Å². The normalized spacial score (nSPS) is 15.8. The van der Waals surface area contributed by atoms with Crippen molar-refractivity contribution in [2.24, 2.45) is 0 Å². The van der Waals surface area contributed by atoms with Crippen molar-refractivity contribution in [2.45, 2.75) is 27.2 Å². The van der Waals surface area contributed by atoms with Gasteiger partial charge in [0.2, 0.25) is 0 Å². The van der Waals surface area contributed by atoms with Crippen molar-refractivity contribution in [1.29, 1.82) is 0 Å². The monoisotopic (exact) mass is 378 g/mol. The average Bonchev–Trinajstić information content (AvgIpc) is 2.65. The van der Waals surface area contributed by atoms with Gasteiger partial charge in [-0.2, -0.15) is 0 Å². The lowest BCUT2D eigenvalue weighted by molar-refractivity contribution is -0.122. The lowest BCUT2D eigenvalue weighted by Crippen LogP contribution is -2.54. The zero-order valence-corrected chi connectivity index (χ0v) is 16.1. The highest BCUT2D eigenvalue weighted by Gasteiger charge is 2.37. The van der Waals surface area contributed by atoms with E-state index in [0.717, 1.165) is 22.4 Å². The Kier molecular flexibility index (Phi) is 5.59. The predicted molar refractivity (Wildman–Crippen MR) is 107 cm³/mol. The molecule has 28 heavy (non-hydrogen) atoms. The van der Waals surface area contributed by atoms with Crippen LogP contribution in [0.1, 0.15) is 30.0 Å². The van der Waals surface area contributed by atoms with Gasteiger partial charge < -0.3 is 4.74 Å². The SMILES string of the molecule is CCCOc1cccc(/C=C2/C(=O)NC(=O)N(c3ccc(C)cc3C)C2=O)c1. The van der Waals surface area contributed by atoms with Crippen LogP contribution in [0.25, 0.3) is 6.08 Å². The molecule has 2 aromatic rings. The molecule has 3 rings (SSSR count). The first-order valence-corrected chi connectivity index (χ1v) is 9.12. The standard InChI is InChI=1S/C22H22N2O4/c1-4-10-28-17-7-5-6-16(12-17)13-18-20(25)23-22(27)24(21(18)26)19-9-8-14(2)11-15(19)3/h5-9,11-13H,4,10H2,1-3H3,(H,23,25,27)/b18-13-. The molecule has 0 aliphatic carbocycles. The van der Waals surface area contributed by atoms with Crippen LogP contribution < -0.4 is 15.0 Å². The minimum absolute atomic E-state index is 0.104. The van der Waals surface area contributed by atoms with Crippen molar-refractivity contribution in [3.05, 3.63) is 64.7 Å². The summed E-state index contributed by atoms with van der Waals surface area (Å²) in [6, 6.07) is 11.8. The van der Waals surface area contributed by atoms with Gasteiger partial charge in [0.25, 0.3) is 11.8 Å². The lowest BCUT2D eigenvalue weighted by Gasteiger charge is -2.27. The summed E-state index contributed by atoms with van der Waals surface area (Å²) < 4.78 is 5.59. The van der Waals surface area contributed by atoms with Gasteiger partial charge in [-0.25, -0.2) is 9.69 Å². The number of barbiturate groups is 1. The summed E-state index contributed by atoms with van der Waals surface area (Å²) in [5.74, 6) is -0.710. The number of aryl methyl sites for hydroxylation is 2. The molecule has 0 spiro atoms. The van der Waals surface area contributed by atoms with Crippen LogP contribution in [0.2, 0.25) is 0 Å². The third-order valence-corrected chi connectivity index (χ3v) is 4.34. The zero-order valence-electron chi connectivity index (χ0n) is 16.1. The van der Waals surface area contributed by atoms with E-state index in [0.29, 0.717) is 23.6 Å². The van der Waals surface area contributed by atoms with Gasteiger partial charge in [0, 0.05) is 0 Å². The quantitative estimate of drug-likeness (QED) is 0.635. The number of ether oxygens (including phenoxy) is 1. The Morgan fingerprint density at radius 1 is 1.07 bits per heavy atom. The molecule has 1 aliphatic heterocycles. The molecule has 0 aromatic heterocycles. The highest BCUT2D eigenvalue weighted by molar-refractivity contribution is 6.39. The van der Waals surface area contributed by atoms with Crippen molar-refractivity contribution in [1.82, 2.24) is 5.32 Å². The van der Waals surface area contributed by atoms with Crippen molar-refractivity contribution < 1.29 is 19.1 Å². The Morgan fingerprint density at radius 3 is 2.57 bits per heavy atom. The Hall–Kier alpha value is -3.41. The van der Waals surface area contributed by atoms with Crippen LogP contribution in [0, 0.1) is 13.8 Å². The largest absolute Gasteiger partial charge is 0.494 e. The molecule has 0 unspecified atom stereocenters. The Morgan fingerprint density at radius 2 is 1.86 bits per heavy atom. The molecule has 4 amide bonds. The van der Waals surface area contributed by atoms with Crippen LogP contribution in [0.4, 0.5) is 10.5 Å². The fourth-order valence-electron chi connectivity index (χ4n) is 3.01. The van der Waals surface area contributed by atoms with E-state index < -0.39 is 17.8 Å². The summed E-state index contributed by atoms with van der Waals surface area (Å²) in [5, 5.41) is 2.25. The summed E-state index contributed by atoms with van der Waals surface area (Å²) in [6.45, 7) is 6.33. The molecule has 2 aromatic carbocycles. The minimum Gasteiger partial charge on any atom is -0.494 e. The van der Waals surface area contributed by atoms with Gasteiger partial charge in [-0.05, 0) is 55.7 Å². The maximum absolute atomic E-state index is 13.0. The maximum atomic E-state index is 13.0. The van der Waals surface area contributed by atoms with Crippen LogP contribution in [0.15, 0.2) is 48.0 Å². The number of rotatable bonds is 5. The summed E-state index contributed by atoms with van der Waals surface area (Å²) in [5.41, 5.74) is 2.77. The first kappa shape index (κ1) is 19.4. The molecule has 1 heterocycles. The second-order valence-corrected chi connectivity index (χ2v) is 6.67. The molecule has 0 atom stereocenters. The number of hydrogen-bond donors (Lipinski definition) is 1. The zero-order chi connectivity index (χ0) is 20.3. The second kappa shape index (κ2) is 8.08. The first-order valence-electron chi connectivity index (χ1n) is 9.12. The molecule has 1 aliphatic rings. The van der Waals surface area contributed by atoms with Crippen molar-refractivity contribution >= 4 is 29.6 Å². The minimum atomic E-state index is -0.751. The van der Waals surface area contributed by atoms with Crippen LogP contribution >= 0.6 is 0 Å². The second-order valence-electron chi connectivity index (χ2n) is 6.67. The topological polar surface area (TPSA) is 75.7 Å². The van der Waals surface area contributed by atoms with Crippen LogP contribution in [0.5, 0.6) is 5.75 Å². The molecule has 1 saturated heterocycles. The molecule has 0 radical (unpaired) electrons.